The number of pyridine rings is 4. The molecule has 0 aliphatic heterocycles. The van der Waals surface area contributed by atoms with Gasteiger partial charge in [0.15, 0.2) is 46.4 Å². The molecule has 0 aliphatic carbocycles. The third kappa shape index (κ3) is 19.1. The van der Waals surface area contributed by atoms with E-state index in [1.54, 1.807) is 155 Å². The first-order valence-corrected chi connectivity index (χ1v) is 42.4. The van der Waals surface area contributed by atoms with Crippen LogP contribution in [0.2, 0.25) is 0 Å². The number of hydrogen-bond acceptors (Lipinski definition) is 34. The van der Waals surface area contributed by atoms with E-state index in [9.17, 15) is 4.39 Å². The van der Waals surface area contributed by atoms with Gasteiger partial charge in [0, 0.05) is 80.8 Å². The van der Waals surface area contributed by atoms with Gasteiger partial charge in [-0.1, -0.05) is 33.7 Å². The van der Waals surface area contributed by atoms with Crippen molar-refractivity contribution in [2.24, 2.45) is 21.1 Å². The van der Waals surface area contributed by atoms with Gasteiger partial charge in [-0.3, -0.25) is 14.3 Å². The number of aromatic nitrogens is 21. The van der Waals surface area contributed by atoms with Crippen LogP contribution >= 0.6 is 45.3 Å². The third-order valence-electron chi connectivity index (χ3n) is 19.3. The highest BCUT2D eigenvalue weighted by atomic mass is 32.1. The summed E-state index contributed by atoms with van der Waals surface area (Å²) in [5.41, 5.74) is 18.0. The van der Waals surface area contributed by atoms with Gasteiger partial charge in [-0.25, -0.2) is 44.3 Å². The standard InChI is InChI=1S/2C15H14N2O3.C14H11FN2O2.C12H12N4OS.C12H9N3OS.2C11H10N4OS/c1-9-14-15(20-17-9)13(19-3)8-12(16-14)10-4-6-11(18-2)7-5-10;1-9-14-15(20-17-9)13(19-3)8-12(16-14)10-5-4-6-11(7-10)18-2;1-8-13-14(19-17-8)12(18-2)7-11(16-13)9-3-5-10(15)6-4-9;1-7-6-9(16(2)15-7)11-13-8-4-5-18-10(8)12(14-11)17-3;1-16-12-10-8(5-7-17-10)14-11(15-12)9-4-2-3-6-13-9;1-15-5-4-12-10(15)9-13-7-3-6-17-8(7)11(14-9)16-2;1-15-8(3-5-12-15)10-13-7-4-6-17-9(7)11(14-10)16-2/h2*4-8H,1-3H3;3-7H,1-2H3;4-6H,1-3H3;2-7H,1H3;2*3-6H,1-2H3. The minimum absolute atomic E-state index is 0.280. The van der Waals surface area contributed by atoms with Crippen molar-refractivity contribution in [3.8, 4) is 132 Å². The summed E-state index contributed by atoms with van der Waals surface area (Å²) in [4.78, 5) is 57.8. The molecule has 0 saturated heterocycles. The molecule has 0 bridgehead atoms. The summed E-state index contributed by atoms with van der Waals surface area (Å²) >= 11 is 6.30. The van der Waals surface area contributed by atoms with Gasteiger partial charge in [0.25, 0.3) is 0 Å². The Morgan fingerprint density at radius 3 is 1.19 bits per heavy atom. The summed E-state index contributed by atoms with van der Waals surface area (Å²) in [5.74, 6) is 8.73. The van der Waals surface area contributed by atoms with Crippen molar-refractivity contribution in [3.63, 3.8) is 0 Å². The van der Waals surface area contributed by atoms with Gasteiger partial charge >= 0.3 is 0 Å². The molecule has 33 nitrogen and oxygen atoms in total. The number of rotatable bonds is 16. The minimum atomic E-state index is -0.280. The van der Waals surface area contributed by atoms with Crippen LogP contribution in [0.1, 0.15) is 22.8 Å². The van der Waals surface area contributed by atoms with Gasteiger partial charge < -0.3 is 60.8 Å². The Balaban J connectivity index is 0.000000115. The average Bonchev–Trinajstić information content (AvgIpc) is 1.68. The highest BCUT2D eigenvalue weighted by Gasteiger charge is 2.22. The number of ether oxygens (including phenoxy) is 9. The summed E-state index contributed by atoms with van der Waals surface area (Å²) < 4.78 is 85.5. The average molecular weight is 1800 g/mol. The Bertz CT molecular complexity index is 7300. The van der Waals surface area contributed by atoms with E-state index in [-0.39, 0.29) is 5.82 Å². The van der Waals surface area contributed by atoms with Gasteiger partial charge in [0.1, 0.15) is 86.8 Å². The smallest absolute Gasteiger partial charge is 0.235 e. The van der Waals surface area contributed by atoms with E-state index in [4.69, 9.17) is 56.2 Å². The minimum Gasteiger partial charge on any atom is -0.497 e. The van der Waals surface area contributed by atoms with E-state index in [0.717, 1.165) is 126 Å². The van der Waals surface area contributed by atoms with Crippen LogP contribution in [0.3, 0.4) is 0 Å². The van der Waals surface area contributed by atoms with E-state index >= 15 is 0 Å². The monoisotopic (exact) mass is 1790 g/mol. The van der Waals surface area contributed by atoms with Crippen molar-refractivity contribution >= 4 is 120 Å². The molecule has 0 fully saturated rings. The lowest BCUT2D eigenvalue weighted by atomic mass is 10.1. The molecule has 0 radical (unpaired) electrons. The Labute approximate surface area is 745 Å². The summed E-state index contributed by atoms with van der Waals surface area (Å²) in [7, 11) is 20.2. The maximum absolute atomic E-state index is 12.9. The van der Waals surface area contributed by atoms with Crippen molar-refractivity contribution in [1.29, 1.82) is 0 Å². The van der Waals surface area contributed by atoms with E-state index in [1.807, 2.05) is 196 Å². The maximum Gasteiger partial charge on any atom is 0.235 e. The molecule has 18 aromatic heterocycles. The number of thiophene rings is 4. The molecule has 18 heterocycles. The Kier molecular flexibility index (Phi) is 27.1. The first-order chi connectivity index (χ1) is 62.3. The number of halogens is 1. The highest BCUT2D eigenvalue weighted by molar-refractivity contribution is 7.18. The maximum atomic E-state index is 12.9. The molecule has 38 heteroatoms. The first kappa shape index (κ1) is 87.5. The van der Waals surface area contributed by atoms with Gasteiger partial charge in [-0.05, 0) is 158 Å². The fourth-order valence-corrected chi connectivity index (χ4v) is 16.1. The molecule has 3 aromatic carbocycles. The SMILES string of the molecule is COc1cc(-c2ccc(F)cc2)nc2c(C)noc12.COc1ccc(-c2cc(OC)c3onc(C)c3n2)cc1.COc1cccc(-c2cc(OC)c3onc(C)c3n2)c1.COc1nc(-c2cc(C)nn2C)nc2ccsc12.COc1nc(-c2ccccn2)nc2ccsc12.COc1nc(-c2ccnn2C)nc2ccsc12.COc1nc(-c2nccn2C)nc2ccsc12. The van der Waals surface area contributed by atoms with Crippen LogP contribution < -0.4 is 42.6 Å². The Hall–Kier alpha value is -15.4. The Morgan fingerprint density at radius 1 is 0.344 bits per heavy atom. The lowest BCUT2D eigenvalue weighted by Crippen LogP contribution is -1.99. The molecule has 0 atom stereocenters. The van der Waals surface area contributed by atoms with Crippen LogP contribution in [-0.4, -0.2) is 168 Å². The number of benzene rings is 3. The fraction of sp³-hybridized carbons (Fsp3) is 0.178. The van der Waals surface area contributed by atoms with Gasteiger partial charge in [0.05, 0.1) is 109 Å². The number of aryl methyl sites for hydroxylation is 7. The van der Waals surface area contributed by atoms with Crippen LogP contribution in [0.15, 0.2) is 205 Å². The molecule has 21 aromatic rings. The lowest BCUT2D eigenvalue weighted by Gasteiger charge is -2.06. The summed E-state index contributed by atoms with van der Waals surface area (Å²) in [6, 6.07) is 44.3. The number of hydrogen-bond donors (Lipinski definition) is 0. The molecule has 0 aliphatic rings. The van der Waals surface area contributed by atoms with E-state index in [0.29, 0.717) is 103 Å². The van der Waals surface area contributed by atoms with E-state index < -0.39 is 0 Å². The molecule has 128 heavy (non-hydrogen) atoms. The van der Waals surface area contributed by atoms with Gasteiger partial charge in [0.2, 0.25) is 40.3 Å². The van der Waals surface area contributed by atoms with Crippen LogP contribution in [0.5, 0.6) is 52.3 Å². The summed E-state index contributed by atoms with van der Waals surface area (Å²) in [6.45, 7) is 7.47. The van der Waals surface area contributed by atoms with Gasteiger partial charge in [-0.15, -0.1) is 45.3 Å². The van der Waals surface area contributed by atoms with Crippen LogP contribution in [-0.2, 0) is 21.1 Å². The highest BCUT2D eigenvalue weighted by Crippen LogP contribution is 2.39. The molecular weight excluding hydrogens is 1710 g/mol. The van der Waals surface area contributed by atoms with Crippen LogP contribution in [0.25, 0.3) is 154 Å². The zero-order valence-electron chi connectivity index (χ0n) is 71.8. The topological polar surface area (TPSA) is 369 Å². The molecule has 21 rings (SSSR count). The predicted molar refractivity (Wildman–Crippen MR) is 489 cm³/mol. The second-order valence-corrected chi connectivity index (χ2v) is 31.1. The lowest BCUT2D eigenvalue weighted by molar-refractivity contribution is 0.391. The summed E-state index contributed by atoms with van der Waals surface area (Å²) in [6.07, 6.45) is 7.04. The van der Waals surface area contributed by atoms with E-state index in [2.05, 4.69) is 90.5 Å². The van der Waals surface area contributed by atoms with Crippen molar-refractivity contribution in [2.45, 2.75) is 27.7 Å². The third-order valence-corrected chi connectivity index (χ3v) is 22.8. The largest absolute Gasteiger partial charge is 0.497 e. The zero-order valence-corrected chi connectivity index (χ0v) is 75.0. The van der Waals surface area contributed by atoms with E-state index in [1.165, 1.54) is 12.1 Å². The van der Waals surface area contributed by atoms with Crippen molar-refractivity contribution in [3.05, 3.63) is 220 Å². The van der Waals surface area contributed by atoms with Gasteiger partial charge in [-0.2, -0.15) is 30.1 Å². The molecule has 0 N–H and O–H groups in total. The number of methoxy groups -OCH3 is 9. The first-order valence-electron chi connectivity index (χ1n) is 38.8. The Morgan fingerprint density at radius 2 is 0.781 bits per heavy atom. The normalized spacial score (nSPS) is 10.9. The molecule has 648 valence electrons. The van der Waals surface area contributed by atoms with Crippen LogP contribution in [0, 0.1) is 33.5 Å². The molecular formula is C90H80FN21O12S4. The van der Waals surface area contributed by atoms with Crippen molar-refractivity contribution in [2.75, 3.05) is 64.0 Å². The molecule has 0 spiro atoms. The molecule has 0 unspecified atom stereocenters. The molecule has 0 saturated carbocycles. The number of fused-ring (bicyclic) bond motifs is 7. The summed E-state index contributed by atoms with van der Waals surface area (Å²) in [5, 5.41) is 28.1. The second-order valence-electron chi connectivity index (χ2n) is 27.4. The molecule has 0 amide bonds. The zero-order chi connectivity index (χ0) is 89.6. The number of nitrogens with zero attached hydrogens (tertiary/aromatic N) is 21. The predicted octanol–water partition coefficient (Wildman–Crippen LogP) is 19.1. The van der Waals surface area contributed by atoms with Crippen molar-refractivity contribution in [1.82, 2.24) is 104 Å². The number of imidazole rings is 1. The fourth-order valence-electron chi connectivity index (χ4n) is 12.9. The quantitative estimate of drug-likeness (QED) is 0.0867. The van der Waals surface area contributed by atoms with Crippen LogP contribution in [0.4, 0.5) is 4.39 Å². The van der Waals surface area contributed by atoms with Crippen molar-refractivity contribution < 1.29 is 60.6 Å². The second kappa shape index (κ2) is 39.6.